The largest absolute Gasteiger partial charge is 0.343 e. The summed E-state index contributed by atoms with van der Waals surface area (Å²) >= 11 is 0. The van der Waals surface area contributed by atoms with Crippen LogP contribution in [-0.2, 0) is 16.1 Å². The molecule has 0 radical (unpaired) electrons. The molecule has 0 aliphatic heterocycles. The number of benzene rings is 1. The van der Waals surface area contributed by atoms with Gasteiger partial charge in [0.15, 0.2) is 0 Å². The average Bonchev–Trinajstić information content (AvgIpc) is 2.52. The number of aryl methyl sites for hydroxylation is 1. The highest BCUT2D eigenvalue weighted by molar-refractivity contribution is 5.96. The molecule has 7 heteroatoms. The van der Waals surface area contributed by atoms with Crippen LogP contribution in [-0.4, -0.2) is 22.4 Å². The molecule has 126 valence electrons. The van der Waals surface area contributed by atoms with Gasteiger partial charge in [-0.1, -0.05) is 12.1 Å². The monoisotopic (exact) mass is 331 g/mol. The molecule has 2 amide bonds. The van der Waals surface area contributed by atoms with Crippen LogP contribution in [0.4, 0.5) is 10.1 Å². The van der Waals surface area contributed by atoms with Gasteiger partial charge in [0.1, 0.15) is 18.4 Å². The predicted octanol–water partition coefficient (Wildman–Crippen LogP) is 1.44. The number of carbonyl (C=O) groups is 2. The summed E-state index contributed by atoms with van der Waals surface area (Å²) in [6.45, 7) is 3.02. The van der Waals surface area contributed by atoms with E-state index >= 15 is 0 Å². The zero-order valence-electron chi connectivity index (χ0n) is 13.4. The van der Waals surface area contributed by atoms with Crippen LogP contribution in [0.5, 0.6) is 0 Å². The molecule has 1 heterocycles. The molecule has 0 bridgehead atoms. The molecule has 2 rings (SSSR count). The number of anilines is 1. The molecular formula is C17H18FN3O3. The van der Waals surface area contributed by atoms with E-state index in [4.69, 9.17) is 0 Å². The average molecular weight is 331 g/mol. The Hall–Kier alpha value is -2.96. The minimum Gasteiger partial charge on any atom is -0.343 e. The number of halogens is 1. The Morgan fingerprint density at radius 3 is 2.67 bits per heavy atom. The quantitative estimate of drug-likeness (QED) is 0.870. The smallest absolute Gasteiger partial charge is 0.250 e. The molecule has 1 unspecified atom stereocenters. The standard InChI is InChI=1S/C17H18FN3O3/c1-11-6-7-14(13(18)9-11)20-17(24)12(2)19-15(22)10-21-8-4-3-5-16(21)23/h3-9,12H,10H2,1-2H3,(H,19,22)(H,20,24). The first-order valence-electron chi connectivity index (χ1n) is 7.38. The van der Waals surface area contributed by atoms with E-state index < -0.39 is 23.7 Å². The van der Waals surface area contributed by atoms with Gasteiger partial charge in [-0.15, -0.1) is 0 Å². The van der Waals surface area contributed by atoms with E-state index in [1.807, 2.05) is 0 Å². The van der Waals surface area contributed by atoms with Gasteiger partial charge in [-0.05, 0) is 37.6 Å². The topological polar surface area (TPSA) is 80.2 Å². The second-order valence-corrected chi connectivity index (χ2v) is 5.43. The first-order valence-corrected chi connectivity index (χ1v) is 7.38. The molecule has 0 saturated carbocycles. The number of aromatic nitrogens is 1. The highest BCUT2D eigenvalue weighted by Gasteiger charge is 2.17. The maximum Gasteiger partial charge on any atom is 0.250 e. The third kappa shape index (κ3) is 4.52. The normalized spacial score (nSPS) is 11.6. The van der Waals surface area contributed by atoms with Crippen LogP contribution in [0.2, 0.25) is 0 Å². The van der Waals surface area contributed by atoms with Crippen molar-refractivity contribution in [2.45, 2.75) is 26.4 Å². The molecule has 1 aromatic carbocycles. The minimum absolute atomic E-state index is 0.0472. The van der Waals surface area contributed by atoms with Crippen LogP contribution in [0.1, 0.15) is 12.5 Å². The van der Waals surface area contributed by atoms with E-state index in [1.54, 1.807) is 25.1 Å². The molecule has 0 fully saturated rings. The van der Waals surface area contributed by atoms with E-state index in [-0.39, 0.29) is 17.8 Å². The molecule has 0 aliphatic rings. The SMILES string of the molecule is Cc1ccc(NC(=O)C(C)NC(=O)Cn2ccccc2=O)c(F)c1. The number of nitrogens with zero attached hydrogens (tertiary/aromatic N) is 1. The van der Waals surface area contributed by atoms with Crippen LogP contribution in [0.25, 0.3) is 0 Å². The first kappa shape index (κ1) is 17.4. The van der Waals surface area contributed by atoms with E-state index in [0.717, 1.165) is 5.56 Å². The number of amides is 2. The second-order valence-electron chi connectivity index (χ2n) is 5.43. The second kappa shape index (κ2) is 7.54. The number of rotatable bonds is 5. The van der Waals surface area contributed by atoms with Crippen molar-refractivity contribution in [1.29, 1.82) is 0 Å². The van der Waals surface area contributed by atoms with Crippen molar-refractivity contribution < 1.29 is 14.0 Å². The number of nitrogens with one attached hydrogen (secondary N) is 2. The summed E-state index contributed by atoms with van der Waals surface area (Å²) in [5.41, 5.74) is 0.470. The van der Waals surface area contributed by atoms with E-state index in [0.29, 0.717) is 0 Å². The summed E-state index contributed by atoms with van der Waals surface area (Å²) in [7, 11) is 0. The van der Waals surface area contributed by atoms with E-state index in [1.165, 1.54) is 35.9 Å². The van der Waals surface area contributed by atoms with Crippen molar-refractivity contribution in [1.82, 2.24) is 9.88 Å². The van der Waals surface area contributed by atoms with Gasteiger partial charge in [0.2, 0.25) is 11.8 Å². The lowest BCUT2D eigenvalue weighted by Crippen LogP contribution is -2.43. The van der Waals surface area contributed by atoms with Gasteiger partial charge in [-0.25, -0.2) is 4.39 Å². The van der Waals surface area contributed by atoms with E-state index in [9.17, 15) is 18.8 Å². The number of hydrogen-bond acceptors (Lipinski definition) is 3. The molecule has 0 aliphatic carbocycles. The van der Waals surface area contributed by atoms with Gasteiger partial charge in [0.05, 0.1) is 5.69 Å². The molecule has 0 saturated heterocycles. The summed E-state index contributed by atoms with van der Waals surface area (Å²) in [4.78, 5) is 35.5. The maximum atomic E-state index is 13.7. The van der Waals surface area contributed by atoms with Crippen molar-refractivity contribution in [2.75, 3.05) is 5.32 Å². The molecular weight excluding hydrogens is 313 g/mol. The number of carbonyl (C=O) groups excluding carboxylic acids is 2. The molecule has 1 aromatic heterocycles. The number of pyridine rings is 1. The third-order valence-electron chi connectivity index (χ3n) is 3.37. The Bertz CT molecular complexity index is 817. The van der Waals surface area contributed by atoms with Gasteiger partial charge in [-0.3, -0.25) is 14.4 Å². The highest BCUT2D eigenvalue weighted by Crippen LogP contribution is 2.15. The fraction of sp³-hybridized carbons (Fsp3) is 0.235. The molecule has 0 spiro atoms. The lowest BCUT2D eigenvalue weighted by Gasteiger charge is -2.15. The van der Waals surface area contributed by atoms with Crippen LogP contribution < -0.4 is 16.2 Å². The summed E-state index contributed by atoms with van der Waals surface area (Å²) in [6, 6.07) is 8.10. The first-order chi connectivity index (χ1) is 11.4. The van der Waals surface area contributed by atoms with Gasteiger partial charge < -0.3 is 15.2 Å². The fourth-order valence-electron chi connectivity index (χ4n) is 2.06. The molecule has 1 atom stereocenters. The van der Waals surface area contributed by atoms with Crippen LogP contribution in [0.15, 0.2) is 47.4 Å². The van der Waals surface area contributed by atoms with Crippen molar-refractivity contribution in [3.8, 4) is 0 Å². The lowest BCUT2D eigenvalue weighted by molar-refractivity contribution is -0.126. The highest BCUT2D eigenvalue weighted by atomic mass is 19.1. The minimum atomic E-state index is -0.877. The Kier molecular flexibility index (Phi) is 5.47. The van der Waals surface area contributed by atoms with Crippen LogP contribution in [0.3, 0.4) is 0 Å². The molecule has 6 nitrogen and oxygen atoms in total. The zero-order chi connectivity index (χ0) is 17.7. The Labute approximate surface area is 138 Å². The van der Waals surface area contributed by atoms with Crippen LogP contribution in [0, 0.1) is 12.7 Å². The Morgan fingerprint density at radius 1 is 1.25 bits per heavy atom. The van der Waals surface area contributed by atoms with Crippen LogP contribution >= 0.6 is 0 Å². The van der Waals surface area contributed by atoms with Gasteiger partial charge in [0, 0.05) is 12.3 Å². The number of hydrogen-bond donors (Lipinski definition) is 2. The maximum absolute atomic E-state index is 13.7. The Balaban J connectivity index is 1.94. The van der Waals surface area contributed by atoms with Crippen molar-refractivity contribution in [2.24, 2.45) is 0 Å². The summed E-state index contributed by atoms with van der Waals surface area (Å²) < 4.78 is 15.0. The zero-order valence-corrected chi connectivity index (χ0v) is 13.4. The van der Waals surface area contributed by atoms with Crippen molar-refractivity contribution >= 4 is 17.5 Å². The van der Waals surface area contributed by atoms with Gasteiger partial charge in [-0.2, -0.15) is 0 Å². The predicted molar refractivity (Wildman–Crippen MR) is 88.1 cm³/mol. The third-order valence-corrected chi connectivity index (χ3v) is 3.37. The summed E-state index contributed by atoms with van der Waals surface area (Å²) in [5.74, 6) is -1.58. The van der Waals surface area contributed by atoms with Gasteiger partial charge >= 0.3 is 0 Å². The van der Waals surface area contributed by atoms with E-state index in [2.05, 4.69) is 10.6 Å². The summed E-state index contributed by atoms with van der Waals surface area (Å²) in [5, 5.41) is 4.89. The molecule has 24 heavy (non-hydrogen) atoms. The summed E-state index contributed by atoms with van der Waals surface area (Å²) in [6.07, 6.45) is 1.48. The van der Waals surface area contributed by atoms with Crippen molar-refractivity contribution in [3.63, 3.8) is 0 Å². The fourth-order valence-corrected chi connectivity index (χ4v) is 2.06. The lowest BCUT2D eigenvalue weighted by atomic mass is 10.2. The Morgan fingerprint density at radius 2 is 2.00 bits per heavy atom. The van der Waals surface area contributed by atoms with Crippen molar-refractivity contribution in [3.05, 3.63) is 64.3 Å². The molecule has 2 N–H and O–H groups in total. The molecule has 2 aromatic rings. The van der Waals surface area contributed by atoms with Gasteiger partial charge in [0.25, 0.3) is 5.56 Å².